The van der Waals surface area contributed by atoms with Gasteiger partial charge in [-0.15, -0.1) is 0 Å². The van der Waals surface area contributed by atoms with Crippen molar-refractivity contribution in [1.82, 2.24) is 14.9 Å². The van der Waals surface area contributed by atoms with Gasteiger partial charge in [-0.25, -0.2) is 9.37 Å². The van der Waals surface area contributed by atoms with E-state index in [1.54, 1.807) is 35.2 Å². The molecular formula is C26H24F4N4O2. The molecule has 10 heteroatoms. The van der Waals surface area contributed by atoms with Crippen molar-refractivity contribution in [3.63, 3.8) is 0 Å². The summed E-state index contributed by atoms with van der Waals surface area (Å²) in [5.74, 6) is -0.132. The Hall–Kier alpha value is -4.08. The van der Waals surface area contributed by atoms with E-state index in [4.69, 9.17) is 4.74 Å². The first-order chi connectivity index (χ1) is 17.1. The van der Waals surface area contributed by atoms with Crippen LogP contribution in [0.5, 0.6) is 11.5 Å². The predicted molar refractivity (Wildman–Crippen MR) is 129 cm³/mol. The van der Waals surface area contributed by atoms with Gasteiger partial charge >= 0.3 is 6.18 Å². The molecule has 0 unspecified atom stereocenters. The zero-order chi connectivity index (χ0) is 25.9. The summed E-state index contributed by atoms with van der Waals surface area (Å²) in [5, 5.41) is 5.56. The molecule has 0 bridgehead atoms. The molecule has 0 aliphatic rings. The van der Waals surface area contributed by atoms with Crippen molar-refractivity contribution in [2.75, 3.05) is 18.4 Å². The molecule has 188 valence electrons. The molecule has 0 radical (unpaired) electrons. The summed E-state index contributed by atoms with van der Waals surface area (Å²) in [6.45, 7) is 3.80. The molecule has 0 atom stereocenters. The van der Waals surface area contributed by atoms with E-state index in [-0.39, 0.29) is 18.2 Å². The molecule has 2 N–H and O–H groups in total. The Bertz CT molecular complexity index is 1400. The number of carbonyl (C=O) groups excluding carboxylic acids is 1. The van der Waals surface area contributed by atoms with Crippen molar-refractivity contribution < 1.29 is 27.1 Å². The number of benzene rings is 3. The third-order valence-electron chi connectivity index (χ3n) is 5.45. The van der Waals surface area contributed by atoms with E-state index in [1.165, 1.54) is 24.3 Å². The van der Waals surface area contributed by atoms with Crippen LogP contribution in [0.1, 0.15) is 29.3 Å². The first-order valence-electron chi connectivity index (χ1n) is 11.3. The fraction of sp³-hybridized carbons (Fsp3) is 0.231. The van der Waals surface area contributed by atoms with Crippen LogP contribution in [0.25, 0.3) is 16.7 Å². The largest absolute Gasteiger partial charge is 0.457 e. The highest BCUT2D eigenvalue weighted by Gasteiger charge is 2.26. The topological polar surface area (TPSA) is 68.2 Å². The minimum atomic E-state index is -4.31. The number of hydrogen-bond acceptors (Lipinski definition) is 4. The zero-order valence-corrected chi connectivity index (χ0v) is 19.6. The number of carbonyl (C=O) groups is 1. The fourth-order valence-electron chi connectivity index (χ4n) is 3.80. The summed E-state index contributed by atoms with van der Waals surface area (Å²) >= 11 is 0. The Balaban J connectivity index is 1.75. The molecule has 0 fully saturated rings. The molecule has 1 amide bonds. The van der Waals surface area contributed by atoms with Gasteiger partial charge in [0.1, 0.15) is 29.2 Å². The number of imidazole rings is 1. The second kappa shape index (κ2) is 10.3. The average Bonchev–Trinajstić information content (AvgIpc) is 3.22. The average molecular weight is 500 g/mol. The van der Waals surface area contributed by atoms with Gasteiger partial charge in [-0.05, 0) is 49.7 Å². The highest BCUT2D eigenvalue weighted by molar-refractivity contribution is 5.96. The van der Waals surface area contributed by atoms with E-state index in [0.29, 0.717) is 40.3 Å². The monoisotopic (exact) mass is 500 g/mol. The number of nitrogens with one attached hydrogen (secondary N) is 2. The van der Waals surface area contributed by atoms with Crippen molar-refractivity contribution >= 4 is 22.6 Å². The summed E-state index contributed by atoms with van der Waals surface area (Å²) in [6, 6.07) is 14.1. The van der Waals surface area contributed by atoms with Crippen molar-refractivity contribution in [2.45, 2.75) is 26.4 Å². The number of nitrogens with zero attached hydrogens (tertiary/aromatic N) is 2. The second-order valence-electron chi connectivity index (χ2n) is 8.16. The standard InChI is InChI=1S/C26H24F4N4O2/c1-3-31-25(35)21-8-7-18(11-16(21)2)34-15-33-24-22(32-10-9-26(28,29)30)13-20(14-23(24)34)36-19-6-4-5-17(27)12-19/h4-8,11-15,32H,3,9-10H2,1-2H3,(H,31,35). The Morgan fingerprint density at radius 2 is 1.89 bits per heavy atom. The lowest BCUT2D eigenvalue weighted by atomic mass is 10.1. The normalized spacial score (nSPS) is 11.5. The van der Waals surface area contributed by atoms with E-state index >= 15 is 0 Å². The number of ether oxygens (including phenoxy) is 1. The van der Waals surface area contributed by atoms with E-state index in [9.17, 15) is 22.4 Å². The molecule has 36 heavy (non-hydrogen) atoms. The lowest BCUT2D eigenvalue weighted by molar-refractivity contribution is -0.131. The van der Waals surface area contributed by atoms with Crippen molar-refractivity contribution in [3.05, 3.63) is 77.9 Å². The molecule has 0 spiro atoms. The van der Waals surface area contributed by atoms with Gasteiger partial charge < -0.3 is 15.4 Å². The van der Waals surface area contributed by atoms with Crippen LogP contribution in [-0.2, 0) is 0 Å². The van der Waals surface area contributed by atoms with Gasteiger partial charge in [-0.1, -0.05) is 6.07 Å². The van der Waals surface area contributed by atoms with Gasteiger partial charge in [0.25, 0.3) is 5.91 Å². The van der Waals surface area contributed by atoms with Crippen LogP contribution in [0, 0.1) is 12.7 Å². The van der Waals surface area contributed by atoms with E-state index < -0.39 is 18.4 Å². The van der Waals surface area contributed by atoms with Gasteiger partial charge in [0.2, 0.25) is 0 Å². The maximum absolute atomic E-state index is 13.7. The number of aromatic nitrogens is 2. The Morgan fingerprint density at radius 1 is 1.08 bits per heavy atom. The van der Waals surface area contributed by atoms with Crippen LogP contribution < -0.4 is 15.4 Å². The third kappa shape index (κ3) is 5.76. The quantitative estimate of drug-likeness (QED) is 0.276. The van der Waals surface area contributed by atoms with Gasteiger partial charge in [-0.3, -0.25) is 9.36 Å². The highest BCUT2D eigenvalue weighted by Crippen LogP contribution is 2.33. The van der Waals surface area contributed by atoms with Crippen molar-refractivity contribution in [3.8, 4) is 17.2 Å². The van der Waals surface area contributed by atoms with Crippen LogP contribution in [-0.4, -0.2) is 34.7 Å². The summed E-state index contributed by atoms with van der Waals surface area (Å²) in [7, 11) is 0. The number of aryl methyl sites for hydroxylation is 1. The predicted octanol–water partition coefficient (Wildman–Crippen LogP) is 6.38. The number of anilines is 1. The fourth-order valence-corrected chi connectivity index (χ4v) is 3.80. The second-order valence-corrected chi connectivity index (χ2v) is 8.16. The van der Waals surface area contributed by atoms with E-state index in [2.05, 4.69) is 15.6 Å². The number of amides is 1. The zero-order valence-electron chi connectivity index (χ0n) is 19.6. The molecule has 0 saturated heterocycles. The van der Waals surface area contributed by atoms with Crippen LogP contribution >= 0.6 is 0 Å². The van der Waals surface area contributed by atoms with Gasteiger partial charge in [0.15, 0.2) is 0 Å². The first-order valence-corrected chi connectivity index (χ1v) is 11.3. The maximum Gasteiger partial charge on any atom is 0.390 e. The summed E-state index contributed by atoms with van der Waals surface area (Å²) < 4.78 is 59.4. The summed E-state index contributed by atoms with van der Waals surface area (Å²) in [6.07, 6.45) is -3.79. The molecule has 6 nitrogen and oxygen atoms in total. The van der Waals surface area contributed by atoms with Crippen molar-refractivity contribution in [1.29, 1.82) is 0 Å². The lowest BCUT2D eigenvalue weighted by Crippen LogP contribution is -2.23. The van der Waals surface area contributed by atoms with Crippen LogP contribution in [0.3, 0.4) is 0 Å². The lowest BCUT2D eigenvalue weighted by Gasteiger charge is -2.14. The minimum Gasteiger partial charge on any atom is -0.457 e. The molecule has 0 aliphatic heterocycles. The molecule has 1 aromatic heterocycles. The number of alkyl halides is 3. The van der Waals surface area contributed by atoms with Gasteiger partial charge in [0.05, 0.1) is 17.6 Å². The molecule has 4 rings (SSSR count). The van der Waals surface area contributed by atoms with Gasteiger partial charge in [0, 0.05) is 42.5 Å². The molecular weight excluding hydrogens is 476 g/mol. The smallest absolute Gasteiger partial charge is 0.390 e. The first kappa shape index (κ1) is 25.0. The summed E-state index contributed by atoms with van der Waals surface area (Å²) in [4.78, 5) is 16.7. The maximum atomic E-state index is 13.7. The molecule has 3 aromatic carbocycles. The molecule has 4 aromatic rings. The van der Waals surface area contributed by atoms with E-state index in [1.807, 2.05) is 19.9 Å². The third-order valence-corrected chi connectivity index (χ3v) is 5.45. The Kier molecular flexibility index (Phi) is 7.14. The number of halogens is 4. The number of rotatable bonds is 8. The molecule has 0 saturated carbocycles. The Labute approximate surface area is 204 Å². The Morgan fingerprint density at radius 3 is 2.58 bits per heavy atom. The van der Waals surface area contributed by atoms with Gasteiger partial charge in [-0.2, -0.15) is 13.2 Å². The number of hydrogen-bond donors (Lipinski definition) is 2. The molecule has 0 aliphatic carbocycles. The molecule has 1 heterocycles. The highest BCUT2D eigenvalue weighted by atomic mass is 19.4. The van der Waals surface area contributed by atoms with E-state index in [0.717, 1.165) is 5.56 Å². The summed E-state index contributed by atoms with van der Waals surface area (Å²) in [5.41, 5.74) is 3.33. The van der Waals surface area contributed by atoms with Crippen LogP contribution in [0.2, 0.25) is 0 Å². The SMILES string of the molecule is CCNC(=O)c1ccc(-n2cnc3c(NCCC(F)(F)F)cc(Oc4cccc(F)c4)cc32)cc1C. The minimum absolute atomic E-state index is 0.182. The van der Waals surface area contributed by atoms with Crippen LogP contribution in [0.4, 0.5) is 23.2 Å². The van der Waals surface area contributed by atoms with Crippen LogP contribution in [0.15, 0.2) is 60.9 Å². The van der Waals surface area contributed by atoms with Crippen molar-refractivity contribution in [2.24, 2.45) is 0 Å². The number of fused-ring (bicyclic) bond motifs is 1.